The van der Waals surface area contributed by atoms with Crippen molar-refractivity contribution in [3.63, 3.8) is 0 Å². The van der Waals surface area contributed by atoms with E-state index in [1.165, 1.54) is 0 Å². The molecule has 21 heavy (non-hydrogen) atoms. The molecule has 1 saturated heterocycles. The SMILES string of the molecule is CCNc1cc(N2CCC(C)C2CO)nc(COCC)n1. The molecule has 118 valence electrons. The topological polar surface area (TPSA) is 70.5 Å². The molecule has 2 rings (SSSR count). The Hall–Kier alpha value is -1.40. The maximum Gasteiger partial charge on any atom is 0.158 e. The molecule has 0 saturated carbocycles. The number of aliphatic hydroxyl groups is 1. The van der Waals surface area contributed by atoms with E-state index in [4.69, 9.17) is 4.74 Å². The van der Waals surface area contributed by atoms with Crippen LogP contribution in [-0.4, -0.2) is 47.4 Å². The Morgan fingerprint density at radius 1 is 1.43 bits per heavy atom. The number of ether oxygens (including phenoxy) is 1. The van der Waals surface area contributed by atoms with E-state index >= 15 is 0 Å². The van der Waals surface area contributed by atoms with Crippen LogP contribution in [0.5, 0.6) is 0 Å². The van der Waals surface area contributed by atoms with Crippen molar-refractivity contribution in [1.29, 1.82) is 0 Å². The van der Waals surface area contributed by atoms with Crippen LogP contribution in [0.3, 0.4) is 0 Å². The fraction of sp³-hybridized carbons (Fsp3) is 0.733. The zero-order valence-corrected chi connectivity index (χ0v) is 13.2. The van der Waals surface area contributed by atoms with E-state index in [1.807, 2.05) is 19.9 Å². The number of nitrogens with zero attached hydrogens (tertiary/aromatic N) is 3. The Labute approximate surface area is 126 Å². The normalized spacial score (nSPS) is 21.8. The van der Waals surface area contributed by atoms with Crippen molar-refractivity contribution >= 4 is 11.6 Å². The Bertz CT molecular complexity index is 455. The van der Waals surface area contributed by atoms with Crippen molar-refractivity contribution in [3.05, 3.63) is 11.9 Å². The highest BCUT2D eigenvalue weighted by Crippen LogP contribution is 2.29. The van der Waals surface area contributed by atoms with Crippen LogP contribution < -0.4 is 10.2 Å². The van der Waals surface area contributed by atoms with E-state index in [0.717, 1.165) is 31.1 Å². The molecule has 1 aliphatic heterocycles. The Kier molecular flexibility index (Phi) is 5.76. The summed E-state index contributed by atoms with van der Waals surface area (Å²) in [6.45, 7) is 9.11. The van der Waals surface area contributed by atoms with Gasteiger partial charge in [0, 0.05) is 25.8 Å². The predicted octanol–water partition coefficient (Wildman–Crippen LogP) is 1.65. The van der Waals surface area contributed by atoms with E-state index in [9.17, 15) is 5.11 Å². The van der Waals surface area contributed by atoms with Crippen LogP contribution in [0.4, 0.5) is 11.6 Å². The molecule has 2 unspecified atom stereocenters. The minimum absolute atomic E-state index is 0.134. The quantitative estimate of drug-likeness (QED) is 0.797. The average Bonchev–Trinajstić information content (AvgIpc) is 2.86. The lowest BCUT2D eigenvalue weighted by atomic mass is 10.0. The molecule has 0 aromatic carbocycles. The number of aliphatic hydroxyl groups excluding tert-OH is 1. The Morgan fingerprint density at radius 2 is 2.24 bits per heavy atom. The van der Waals surface area contributed by atoms with Gasteiger partial charge in [-0.05, 0) is 26.2 Å². The van der Waals surface area contributed by atoms with Crippen LogP contribution in [-0.2, 0) is 11.3 Å². The minimum atomic E-state index is 0.134. The van der Waals surface area contributed by atoms with Gasteiger partial charge >= 0.3 is 0 Å². The van der Waals surface area contributed by atoms with E-state index in [1.54, 1.807) is 0 Å². The fourth-order valence-corrected chi connectivity index (χ4v) is 2.73. The molecule has 6 heteroatoms. The first-order valence-corrected chi connectivity index (χ1v) is 7.76. The largest absolute Gasteiger partial charge is 0.394 e. The van der Waals surface area contributed by atoms with E-state index < -0.39 is 0 Å². The summed E-state index contributed by atoms with van der Waals surface area (Å²) in [4.78, 5) is 11.3. The van der Waals surface area contributed by atoms with Crippen molar-refractivity contribution in [1.82, 2.24) is 9.97 Å². The summed E-state index contributed by atoms with van der Waals surface area (Å²) >= 11 is 0. The maximum absolute atomic E-state index is 9.63. The summed E-state index contributed by atoms with van der Waals surface area (Å²) in [6.07, 6.45) is 1.08. The van der Waals surface area contributed by atoms with Crippen molar-refractivity contribution in [2.45, 2.75) is 39.8 Å². The molecule has 2 N–H and O–H groups in total. The maximum atomic E-state index is 9.63. The molecule has 1 aromatic heterocycles. The summed E-state index contributed by atoms with van der Waals surface area (Å²) in [5, 5.41) is 12.9. The number of nitrogens with one attached hydrogen (secondary N) is 1. The highest BCUT2D eigenvalue weighted by atomic mass is 16.5. The van der Waals surface area contributed by atoms with Gasteiger partial charge in [-0.2, -0.15) is 0 Å². The molecule has 0 radical (unpaired) electrons. The zero-order valence-electron chi connectivity index (χ0n) is 13.2. The summed E-state index contributed by atoms with van der Waals surface area (Å²) in [5.74, 6) is 2.84. The molecule has 1 aromatic rings. The van der Waals surface area contributed by atoms with Gasteiger partial charge in [-0.1, -0.05) is 6.92 Å². The van der Waals surface area contributed by atoms with Gasteiger partial charge < -0.3 is 20.1 Å². The van der Waals surface area contributed by atoms with Gasteiger partial charge in [0.15, 0.2) is 5.82 Å². The first-order chi connectivity index (χ1) is 10.2. The smallest absolute Gasteiger partial charge is 0.158 e. The fourth-order valence-electron chi connectivity index (χ4n) is 2.73. The van der Waals surface area contributed by atoms with Gasteiger partial charge in [0.2, 0.25) is 0 Å². The molecule has 0 bridgehead atoms. The molecule has 1 fully saturated rings. The first-order valence-electron chi connectivity index (χ1n) is 7.76. The molecule has 6 nitrogen and oxygen atoms in total. The Balaban J connectivity index is 2.26. The van der Waals surface area contributed by atoms with Crippen molar-refractivity contribution in [2.75, 3.05) is 36.5 Å². The third-order valence-electron chi connectivity index (χ3n) is 3.92. The van der Waals surface area contributed by atoms with Gasteiger partial charge in [0.25, 0.3) is 0 Å². The number of hydrogen-bond acceptors (Lipinski definition) is 6. The summed E-state index contributed by atoms with van der Waals surface area (Å²) < 4.78 is 5.42. The molecule has 0 spiro atoms. The lowest BCUT2D eigenvalue weighted by molar-refractivity contribution is 0.128. The lowest BCUT2D eigenvalue weighted by Crippen LogP contribution is -2.36. The average molecular weight is 294 g/mol. The van der Waals surface area contributed by atoms with Crippen molar-refractivity contribution in [3.8, 4) is 0 Å². The minimum Gasteiger partial charge on any atom is -0.394 e. The van der Waals surface area contributed by atoms with Crippen LogP contribution >= 0.6 is 0 Å². The third-order valence-corrected chi connectivity index (χ3v) is 3.92. The third kappa shape index (κ3) is 3.83. The second-order valence-electron chi connectivity index (χ2n) is 5.40. The summed E-state index contributed by atoms with van der Waals surface area (Å²) in [6, 6.07) is 2.09. The predicted molar refractivity (Wildman–Crippen MR) is 83.5 cm³/mol. The second-order valence-corrected chi connectivity index (χ2v) is 5.40. The standard InChI is InChI=1S/C15H26N4O2/c1-4-16-13-8-15(18-14(17-13)10-21-5-2)19-7-6-11(3)12(19)9-20/h8,11-12,20H,4-7,9-10H2,1-3H3,(H,16,17,18). The summed E-state index contributed by atoms with van der Waals surface area (Å²) in [5.41, 5.74) is 0. The van der Waals surface area contributed by atoms with E-state index in [0.29, 0.717) is 25.0 Å². The van der Waals surface area contributed by atoms with Crippen molar-refractivity contribution in [2.24, 2.45) is 5.92 Å². The second kappa shape index (κ2) is 7.56. The van der Waals surface area contributed by atoms with Gasteiger partial charge in [-0.25, -0.2) is 9.97 Å². The molecule has 0 amide bonds. The van der Waals surface area contributed by atoms with Crippen LogP contribution in [0.2, 0.25) is 0 Å². The number of anilines is 2. The highest BCUT2D eigenvalue weighted by molar-refractivity contribution is 5.51. The highest BCUT2D eigenvalue weighted by Gasteiger charge is 2.31. The van der Waals surface area contributed by atoms with E-state index in [2.05, 4.69) is 27.1 Å². The van der Waals surface area contributed by atoms with E-state index in [-0.39, 0.29) is 12.6 Å². The molecule has 2 atom stereocenters. The number of hydrogen-bond donors (Lipinski definition) is 2. The number of aromatic nitrogens is 2. The first kappa shape index (κ1) is 16.0. The summed E-state index contributed by atoms with van der Waals surface area (Å²) in [7, 11) is 0. The van der Waals surface area contributed by atoms with Gasteiger partial charge in [0.05, 0.1) is 12.6 Å². The monoisotopic (exact) mass is 294 g/mol. The van der Waals surface area contributed by atoms with Gasteiger partial charge in [-0.3, -0.25) is 0 Å². The van der Waals surface area contributed by atoms with Crippen molar-refractivity contribution < 1.29 is 9.84 Å². The van der Waals surface area contributed by atoms with Crippen LogP contribution in [0, 0.1) is 5.92 Å². The van der Waals surface area contributed by atoms with Gasteiger partial charge in [0.1, 0.15) is 18.2 Å². The number of rotatable bonds is 7. The molecule has 0 aliphatic carbocycles. The van der Waals surface area contributed by atoms with Crippen LogP contribution in [0.15, 0.2) is 6.07 Å². The Morgan fingerprint density at radius 3 is 2.90 bits per heavy atom. The zero-order chi connectivity index (χ0) is 15.2. The van der Waals surface area contributed by atoms with Crippen LogP contribution in [0.25, 0.3) is 0 Å². The molecule has 2 heterocycles. The van der Waals surface area contributed by atoms with Crippen LogP contribution in [0.1, 0.15) is 33.0 Å². The van der Waals surface area contributed by atoms with Gasteiger partial charge in [-0.15, -0.1) is 0 Å². The molecular formula is C15H26N4O2. The molecule has 1 aliphatic rings. The lowest BCUT2D eigenvalue weighted by Gasteiger charge is -2.26. The molecular weight excluding hydrogens is 268 g/mol.